The maximum absolute atomic E-state index is 6.15. The van der Waals surface area contributed by atoms with Crippen LogP contribution in [0.1, 0.15) is 56.7 Å². The molecule has 1 nitrogen and oxygen atoms in total. The molecule has 0 aliphatic heterocycles. The molecule has 1 atom stereocenters. The first-order valence-electron chi connectivity index (χ1n) is 7.61. The second-order valence-corrected chi connectivity index (χ2v) is 6.47. The smallest absolute Gasteiger partial charge is 0.0435 e. The predicted octanol–water partition coefficient (Wildman–Crippen LogP) is 5.13. The summed E-state index contributed by atoms with van der Waals surface area (Å²) in [5.41, 5.74) is 2.59. The minimum absolute atomic E-state index is 0.494. The van der Waals surface area contributed by atoms with E-state index in [4.69, 9.17) is 11.6 Å². The molecule has 19 heavy (non-hydrogen) atoms. The lowest BCUT2D eigenvalue weighted by Crippen LogP contribution is -2.30. The van der Waals surface area contributed by atoms with Crippen LogP contribution in [0.25, 0.3) is 0 Å². The topological polar surface area (TPSA) is 12.0 Å². The fourth-order valence-corrected chi connectivity index (χ4v) is 3.37. The van der Waals surface area contributed by atoms with E-state index in [1.165, 1.54) is 36.8 Å². The summed E-state index contributed by atoms with van der Waals surface area (Å²) in [5, 5.41) is 4.56. The van der Waals surface area contributed by atoms with Gasteiger partial charge in [-0.3, -0.25) is 0 Å². The summed E-state index contributed by atoms with van der Waals surface area (Å²) in [6, 6.07) is 6.99. The number of hydrogen-bond acceptors (Lipinski definition) is 1. The van der Waals surface area contributed by atoms with Gasteiger partial charge in [0.1, 0.15) is 0 Å². The summed E-state index contributed by atoms with van der Waals surface area (Å²) >= 11 is 6.15. The fraction of sp³-hybridized carbons (Fsp3) is 0.647. The van der Waals surface area contributed by atoms with E-state index in [-0.39, 0.29) is 0 Å². The van der Waals surface area contributed by atoms with Gasteiger partial charge in [0.2, 0.25) is 0 Å². The van der Waals surface area contributed by atoms with Crippen LogP contribution in [0.5, 0.6) is 0 Å². The largest absolute Gasteiger partial charge is 0.310 e. The Morgan fingerprint density at radius 2 is 1.95 bits per heavy atom. The molecule has 1 saturated carbocycles. The highest BCUT2D eigenvalue weighted by atomic mass is 35.5. The van der Waals surface area contributed by atoms with Crippen LogP contribution in [0.15, 0.2) is 18.2 Å². The molecule has 1 unspecified atom stereocenters. The quantitative estimate of drug-likeness (QED) is 0.806. The fourth-order valence-electron chi connectivity index (χ4n) is 3.26. The standard InChI is InChI=1S/C17H26ClN/c1-4-19-17(14-7-5-12(2)6-8-14)15-9-10-16(18)13(3)11-15/h9-12,14,17,19H,4-8H2,1-3H3. The molecule has 0 amide bonds. The third kappa shape index (κ3) is 3.73. The van der Waals surface area contributed by atoms with Crippen molar-refractivity contribution in [3.63, 3.8) is 0 Å². The Labute approximate surface area is 122 Å². The molecule has 0 saturated heterocycles. The van der Waals surface area contributed by atoms with Crippen LogP contribution in [-0.2, 0) is 0 Å². The molecule has 1 aliphatic carbocycles. The highest BCUT2D eigenvalue weighted by molar-refractivity contribution is 6.31. The maximum Gasteiger partial charge on any atom is 0.0435 e. The van der Waals surface area contributed by atoms with Crippen molar-refractivity contribution in [2.45, 2.75) is 52.5 Å². The first-order chi connectivity index (χ1) is 9.11. The zero-order chi connectivity index (χ0) is 13.8. The Hall–Kier alpha value is -0.530. The number of halogens is 1. The lowest BCUT2D eigenvalue weighted by atomic mass is 9.77. The van der Waals surface area contributed by atoms with E-state index < -0.39 is 0 Å². The van der Waals surface area contributed by atoms with Gasteiger partial charge in [0.05, 0.1) is 0 Å². The molecule has 1 N–H and O–H groups in total. The molecule has 106 valence electrons. The summed E-state index contributed by atoms with van der Waals surface area (Å²) in [4.78, 5) is 0. The van der Waals surface area contributed by atoms with Crippen molar-refractivity contribution in [1.29, 1.82) is 0 Å². The Morgan fingerprint density at radius 1 is 1.26 bits per heavy atom. The summed E-state index contributed by atoms with van der Waals surface area (Å²) in [5.74, 6) is 1.68. The molecule has 1 aliphatic rings. The van der Waals surface area contributed by atoms with Crippen LogP contribution >= 0.6 is 11.6 Å². The Morgan fingerprint density at radius 3 is 2.53 bits per heavy atom. The average molecular weight is 280 g/mol. The van der Waals surface area contributed by atoms with Crippen LogP contribution < -0.4 is 5.32 Å². The average Bonchev–Trinajstić information content (AvgIpc) is 2.41. The van der Waals surface area contributed by atoms with Crippen LogP contribution in [0.3, 0.4) is 0 Å². The van der Waals surface area contributed by atoms with E-state index in [2.05, 4.69) is 38.2 Å². The molecule has 2 rings (SSSR count). The maximum atomic E-state index is 6.15. The minimum Gasteiger partial charge on any atom is -0.310 e. The van der Waals surface area contributed by atoms with Crippen molar-refractivity contribution in [3.05, 3.63) is 34.3 Å². The summed E-state index contributed by atoms with van der Waals surface area (Å²) in [6.07, 6.45) is 5.44. The molecule has 1 fully saturated rings. The molecule has 1 aromatic rings. The van der Waals surface area contributed by atoms with E-state index in [0.717, 1.165) is 23.4 Å². The first-order valence-corrected chi connectivity index (χ1v) is 7.99. The molecule has 0 bridgehead atoms. The van der Waals surface area contributed by atoms with Crippen LogP contribution in [0, 0.1) is 18.8 Å². The van der Waals surface area contributed by atoms with Gasteiger partial charge < -0.3 is 5.32 Å². The second-order valence-electron chi connectivity index (χ2n) is 6.06. The van der Waals surface area contributed by atoms with E-state index >= 15 is 0 Å². The number of benzene rings is 1. The van der Waals surface area contributed by atoms with Crippen LogP contribution in [0.2, 0.25) is 5.02 Å². The molecular weight excluding hydrogens is 254 g/mol. The van der Waals surface area contributed by atoms with Gasteiger partial charge in [-0.05, 0) is 55.3 Å². The van der Waals surface area contributed by atoms with Crippen molar-refractivity contribution in [1.82, 2.24) is 5.32 Å². The van der Waals surface area contributed by atoms with Gasteiger partial charge in [-0.25, -0.2) is 0 Å². The zero-order valence-corrected chi connectivity index (χ0v) is 13.1. The number of nitrogens with one attached hydrogen (secondary N) is 1. The Kier molecular flexibility index (Phi) is 5.29. The van der Waals surface area contributed by atoms with E-state index in [9.17, 15) is 0 Å². The molecular formula is C17H26ClN. The van der Waals surface area contributed by atoms with Crippen molar-refractivity contribution in [2.24, 2.45) is 11.8 Å². The lowest BCUT2D eigenvalue weighted by Gasteiger charge is -2.33. The van der Waals surface area contributed by atoms with Gasteiger partial charge in [0, 0.05) is 11.1 Å². The highest BCUT2D eigenvalue weighted by Gasteiger charge is 2.26. The number of rotatable bonds is 4. The highest BCUT2D eigenvalue weighted by Crippen LogP contribution is 2.37. The SMILES string of the molecule is CCNC(c1ccc(Cl)c(C)c1)C1CCC(C)CC1. The van der Waals surface area contributed by atoms with Gasteiger partial charge in [-0.2, -0.15) is 0 Å². The van der Waals surface area contributed by atoms with Gasteiger partial charge in [-0.1, -0.05) is 50.4 Å². The minimum atomic E-state index is 0.494. The molecule has 1 aromatic carbocycles. The molecule has 0 spiro atoms. The predicted molar refractivity (Wildman–Crippen MR) is 83.7 cm³/mol. The van der Waals surface area contributed by atoms with Gasteiger partial charge in [-0.15, -0.1) is 0 Å². The normalized spacial score (nSPS) is 25.3. The summed E-state index contributed by atoms with van der Waals surface area (Å²) in [7, 11) is 0. The van der Waals surface area contributed by atoms with Crippen LogP contribution in [0.4, 0.5) is 0 Å². The van der Waals surface area contributed by atoms with Gasteiger partial charge in [0.25, 0.3) is 0 Å². The third-order valence-electron chi connectivity index (χ3n) is 4.50. The third-order valence-corrected chi connectivity index (χ3v) is 4.92. The van der Waals surface area contributed by atoms with Crippen LogP contribution in [-0.4, -0.2) is 6.54 Å². The Balaban J connectivity index is 2.16. The lowest BCUT2D eigenvalue weighted by molar-refractivity contribution is 0.233. The second kappa shape index (κ2) is 6.76. The van der Waals surface area contributed by atoms with E-state index in [1.54, 1.807) is 0 Å². The van der Waals surface area contributed by atoms with Gasteiger partial charge >= 0.3 is 0 Å². The first kappa shape index (κ1) is 14.9. The van der Waals surface area contributed by atoms with Crippen molar-refractivity contribution in [3.8, 4) is 0 Å². The zero-order valence-electron chi connectivity index (χ0n) is 12.4. The van der Waals surface area contributed by atoms with E-state index in [0.29, 0.717) is 6.04 Å². The van der Waals surface area contributed by atoms with Crippen molar-refractivity contribution >= 4 is 11.6 Å². The molecule has 0 aromatic heterocycles. The number of aryl methyl sites for hydroxylation is 1. The number of hydrogen-bond donors (Lipinski definition) is 1. The Bertz CT molecular complexity index is 408. The summed E-state index contributed by atoms with van der Waals surface area (Å²) < 4.78 is 0. The molecule has 0 radical (unpaired) electrons. The van der Waals surface area contributed by atoms with Crippen molar-refractivity contribution < 1.29 is 0 Å². The summed E-state index contributed by atoms with van der Waals surface area (Å²) in [6.45, 7) is 7.70. The molecule has 0 heterocycles. The molecule has 2 heteroatoms. The van der Waals surface area contributed by atoms with E-state index in [1.807, 2.05) is 6.07 Å². The monoisotopic (exact) mass is 279 g/mol. The van der Waals surface area contributed by atoms with Gasteiger partial charge in [0.15, 0.2) is 0 Å². The van der Waals surface area contributed by atoms with Crippen molar-refractivity contribution in [2.75, 3.05) is 6.54 Å².